The van der Waals surface area contributed by atoms with Gasteiger partial charge >= 0.3 is 5.97 Å². The number of aromatic carboxylic acids is 1. The number of hydrogen-bond acceptors (Lipinski definition) is 6. The number of nitrogens with zero attached hydrogens (tertiary/aromatic N) is 3. The highest BCUT2D eigenvalue weighted by Crippen LogP contribution is 2.38. The molecule has 7 nitrogen and oxygen atoms in total. The molecule has 2 heterocycles. The third-order valence-corrected chi connectivity index (χ3v) is 5.87. The lowest BCUT2D eigenvalue weighted by Gasteiger charge is -2.39. The van der Waals surface area contributed by atoms with Crippen molar-refractivity contribution in [3.63, 3.8) is 0 Å². The van der Waals surface area contributed by atoms with Crippen molar-refractivity contribution in [3.8, 4) is 17.0 Å². The maximum Gasteiger partial charge on any atom is 0.335 e. The summed E-state index contributed by atoms with van der Waals surface area (Å²) in [6.45, 7) is 3.56. The zero-order chi connectivity index (χ0) is 21.3. The van der Waals surface area contributed by atoms with E-state index >= 15 is 0 Å². The number of nitrogens with two attached hydrogens (primary N) is 1. The number of benzene rings is 2. The van der Waals surface area contributed by atoms with Crippen molar-refractivity contribution < 1.29 is 15.0 Å². The molecule has 0 saturated carbocycles. The molecule has 154 valence electrons. The van der Waals surface area contributed by atoms with Crippen LogP contribution >= 0.6 is 0 Å². The molecule has 1 saturated heterocycles. The van der Waals surface area contributed by atoms with Crippen LogP contribution in [0.5, 0.6) is 5.75 Å². The van der Waals surface area contributed by atoms with Crippen LogP contribution in [-0.2, 0) is 0 Å². The normalized spacial score (nSPS) is 18.9. The Morgan fingerprint density at radius 2 is 1.87 bits per heavy atom. The zero-order valence-electron chi connectivity index (χ0n) is 16.7. The van der Waals surface area contributed by atoms with Crippen molar-refractivity contribution in [2.24, 2.45) is 5.92 Å². The van der Waals surface area contributed by atoms with Gasteiger partial charge in [-0.2, -0.15) is 0 Å². The summed E-state index contributed by atoms with van der Waals surface area (Å²) in [5.74, 6) is -0.0958. The Labute approximate surface area is 174 Å². The highest BCUT2D eigenvalue weighted by molar-refractivity contribution is 5.89. The molecule has 0 bridgehead atoms. The van der Waals surface area contributed by atoms with Gasteiger partial charge in [0.15, 0.2) is 5.82 Å². The SMILES string of the molecule is CC1CCN(c2cc(-c3ccccc3O)nnc2N)CC1c1ccccc1C(=O)O. The van der Waals surface area contributed by atoms with Gasteiger partial charge in [-0.3, -0.25) is 0 Å². The average molecular weight is 404 g/mol. The van der Waals surface area contributed by atoms with Gasteiger partial charge in [-0.05, 0) is 42.2 Å². The number of nitrogen functional groups attached to an aromatic ring is 1. The summed E-state index contributed by atoms with van der Waals surface area (Å²) < 4.78 is 0. The Morgan fingerprint density at radius 1 is 1.13 bits per heavy atom. The van der Waals surface area contributed by atoms with Crippen LogP contribution in [0.4, 0.5) is 11.5 Å². The summed E-state index contributed by atoms with van der Waals surface area (Å²) in [4.78, 5) is 13.9. The number of carbonyl (C=O) groups is 1. The fourth-order valence-electron chi connectivity index (χ4n) is 4.17. The van der Waals surface area contributed by atoms with E-state index in [1.54, 1.807) is 30.3 Å². The second kappa shape index (κ2) is 8.02. The molecule has 0 radical (unpaired) electrons. The lowest BCUT2D eigenvalue weighted by molar-refractivity contribution is 0.0694. The van der Waals surface area contributed by atoms with Crippen LogP contribution in [-0.4, -0.2) is 39.5 Å². The molecule has 0 spiro atoms. The second-order valence-electron chi connectivity index (χ2n) is 7.73. The van der Waals surface area contributed by atoms with Gasteiger partial charge in [0.2, 0.25) is 0 Å². The Hall–Kier alpha value is -3.61. The third kappa shape index (κ3) is 3.66. The van der Waals surface area contributed by atoms with Crippen molar-refractivity contribution >= 4 is 17.5 Å². The summed E-state index contributed by atoms with van der Waals surface area (Å²) in [5.41, 5.74) is 9.21. The molecular weight excluding hydrogens is 380 g/mol. The van der Waals surface area contributed by atoms with Crippen molar-refractivity contribution in [3.05, 3.63) is 65.7 Å². The molecule has 4 rings (SSSR count). The van der Waals surface area contributed by atoms with Gasteiger partial charge in [-0.1, -0.05) is 37.3 Å². The maximum atomic E-state index is 11.7. The Kier molecular flexibility index (Phi) is 5.27. The molecule has 1 aliphatic heterocycles. The number of phenolic OH excluding ortho intramolecular Hbond substituents is 1. The number of para-hydroxylation sites is 1. The Bertz CT molecular complexity index is 1090. The van der Waals surface area contributed by atoms with Crippen molar-refractivity contribution in [2.45, 2.75) is 19.3 Å². The lowest BCUT2D eigenvalue weighted by Crippen LogP contribution is -2.39. The fourth-order valence-corrected chi connectivity index (χ4v) is 4.17. The topological polar surface area (TPSA) is 113 Å². The first kappa shape index (κ1) is 19.7. The smallest absolute Gasteiger partial charge is 0.335 e. The first-order valence-corrected chi connectivity index (χ1v) is 9.94. The zero-order valence-corrected chi connectivity index (χ0v) is 16.7. The minimum Gasteiger partial charge on any atom is -0.507 e. The molecule has 7 heteroatoms. The molecule has 1 aliphatic rings. The predicted molar refractivity (Wildman–Crippen MR) is 116 cm³/mol. The standard InChI is InChI=1S/C23H24N4O3/c1-14-10-11-27(13-18(14)15-6-2-3-7-16(15)23(29)30)20-12-19(25-26-22(20)24)17-8-4-5-9-21(17)28/h2-9,12,14,18,28H,10-11,13H2,1H3,(H2,24,26)(H,29,30). The van der Waals surface area contributed by atoms with E-state index in [1.807, 2.05) is 24.3 Å². The predicted octanol–water partition coefficient (Wildman–Crippen LogP) is 3.76. The quantitative estimate of drug-likeness (QED) is 0.607. The molecule has 2 aromatic carbocycles. The molecule has 1 aromatic heterocycles. The van der Waals surface area contributed by atoms with E-state index in [2.05, 4.69) is 22.0 Å². The van der Waals surface area contributed by atoms with E-state index in [-0.39, 0.29) is 11.7 Å². The van der Waals surface area contributed by atoms with E-state index in [1.165, 1.54) is 0 Å². The molecule has 0 amide bonds. The monoisotopic (exact) mass is 404 g/mol. The third-order valence-electron chi connectivity index (χ3n) is 5.87. The van der Waals surface area contributed by atoms with E-state index in [9.17, 15) is 15.0 Å². The molecule has 2 unspecified atom stereocenters. The number of carboxylic acids is 1. The van der Waals surface area contributed by atoms with Crippen LogP contribution in [0.3, 0.4) is 0 Å². The van der Waals surface area contributed by atoms with Gasteiger partial charge in [0.1, 0.15) is 5.75 Å². The summed E-state index contributed by atoms with van der Waals surface area (Å²) in [6, 6.07) is 16.0. The van der Waals surface area contributed by atoms with Crippen LogP contribution < -0.4 is 10.6 Å². The van der Waals surface area contributed by atoms with Crippen molar-refractivity contribution in [2.75, 3.05) is 23.7 Å². The summed E-state index contributed by atoms with van der Waals surface area (Å²) in [6.07, 6.45) is 0.895. The number of anilines is 2. The number of phenols is 1. The molecule has 1 fully saturated rings. The molecule has 2 atom stereocenters. The van der Waals surface area contributed by atoms with Crippen molar-refractivity contribution in [1.29, 1.82) is 0 Å². The molecule has 3 aromatic rings. The van der Waals surface area contributed by atoms with Crippen LogP contribution in [0, 0.1) is 5.92 Å². The van der Waals surface area contributed by atoms with E-state index < -0.39 is 5.97 Å². The largest absolute Gasteiger partial charge is 0.507 e. The number of aromatic hydroxyl groups is 1. The number of aromatic nitrogens is 2. The lowest BCUT2D eigenvalue weighted by atomic mass is 9.80. The van der Waals surface area contributed by atoms with Gasteiger partial charge in [0, 0.05) is 24.6 Å². The van der Waals surface area contributed by atoms with E-state index in [0.717, 1.165) is 24.2 Å². The Balaban J connectivity index is 1.70. The first-order chi connectivity index (χ1) is 14.5. The number of carboxylic acid groups (broad SMARTS) is 1. The van der Waals surface area contributed by atoms with E-state index in [0.29, 0.717) is 35.1 Å². The first-order valence-electron chi connectivity index (χ1n) is 9.94. The van der Waals surface area contributed by atoms with Gasteiger partial charge in [-0.15, -0.1) is 10.2 Å². The second-order valence-corrected chi connectivity index (χ2v) is 7.73. The summed E-state index contributed by atoms with van der Waals surface area (Å²) >= 11 is 0. The summed E-state index contributed by atoms with van der Waals surface area (Å²) in [7, 11) is 0. The minimum absolute atomic E-state index is 0.0483. The van der Waals surface area contributed by atoms with Crippen LogP contribution in [0.1, 0.15) is 35.2 Å². The molecule has 0 aliphatic carbocycles. The minimum atomic E-state index is -0.915. The molecule has 30 heavy (non-hydrogen) atoms. The Morgan fingerprint density at radius 3 is 2.63 bits per heavy atom. The van der Waals surface area contributed by atoms with Crippen LogP contribution in [0.2, 0.25) is 0 Å². The number of piperidine rings is 1. The molecule has 4 N–H and O–H groups in total. The number of hydrogen-bond donors (Lipinski definition) is 3. The average Bonchev–Trinajstić information content (AvgIpc) is 2.75. The fraction of sp³-hybridized carbons (Fsp3) is 0.261. The highest BCUT2D eigenvalue weighted by Gasteiger charge is 2.31. The van der Waals surface area contributed by atoms with Crippen LogP contribution in [0.15, 0.2) is 54.6 Å². The van der Waals surface area contributed by atoms with Gasteiger partial charge in [0.05, 0.1) is 16.9 Å². The molecular formula is C23H24N4O3. The van der Waals surface area contributed by atoms with Gasteiger partial charge < -0.3 is 20.8 Å². The van der Waals surface area contributed by atoms with Gasteiger partial charge in [-0.25, -0.2) is 4.79 Å². The number of rotatable bonds is 4. The summed E-state index contributed by atoms with van der Waals surface area (Å²) in [5, 5.41) is 28.1. The van der Waals surface area contributed by atoms with Crippen LogP contribution in [0.25, 0.3) is 11.3 Å². The maximum absolute atomic E-state index is 11.7. The van der Waals surface area contributed by atoms with Gasteiger partial charge in [0.25, 0.3) is 0 Å². The highest BCUT2D eigenvalue weighted by atomic mass is 16.4. The van der Waals surface area contributed by atoms with E-state index in [4.69, 9.17) is 5.73 Å². The van der Waals surface area contributed by atoms with Crippen molar-refractivity contribution in [1.82, 2.24) is 10.2 Å².